The SMILES string of the molecule is C#C/C=C\C(Cl)C1C2CC3O/C(=C(/Br)CC)C1C3O2.CC(=O)OC(C)(C)C1CC[C@](C)([C@@H](O)CC[C@](C)(O)[C@H]2CC[C@H]3O[C@@H]([C@]4(C)CC[C@@H](Br)C(C)(C)O4)CC[C@]3(C)O2)O1.CC(C)(O)C1CC[C@](C)([C@@H](O)CC[C@](C)(O)[C@H]2CC[C@H]3O[C@@H]([C@]4(C)CC[C@@H](Br)C(C)(C)O4)CC[C@]3(C)O2)O1. The third kappa shape index (κ3) is 17.5. The van der Waals surface area contributed by atoms with Crippen LogP contribution in [-0.2, 0) is 56.9 Å². The smallest absolute Gasteiger partial charge is 0.303 e. The summed E-state index contributed by atoms with van der Waals surface area (Å²) in [5.41, 5.74) is -7.49. The Morgan fingerprint density at radius 1 is 0.622 bits per heavy atom. The minimum atomic E-state index is -1.11. The van der Waals surface area contributed by atoms with Crippen LogP contribution in [0.3, 0.4) is 0 Å². The molecule has 21 heteroatoms. The predicted octanol–water partition coefficient (Wildman–Crippen LogP) is 14.5. The van der Waals surface area contributed by atoms with Crippen LogP contribution in [0.15, 0.2) is 22.4 Å². The summed E-state index contributed by atoms with van der Waals surface area (Å²) in [6, 6.07) is 0. The molecule has 98 heavy (non-hydrogen) atoms. The Hall–Kier alpha value is -0.520. The summed E-state index contributed by atoms with van der Waals surface area (Å²) in [5, 5.41) is 55.5. The topological polar surface area (TPSA) is 220 Å². The predicted molar refractivity (Wildman–Crippen MR) is 390 cm³/mol. The van der Waals surface area contributed by atoms with Crippen molar-refractivity contribution >= 4 is 65.4 Å². The van der Waals surface area contributed by atoms with Crippen molar-refractivity contribution in [3.8, 4) is 12.3 Å². The molecule has 11 heterocycles. The Labute approximate surface area is 617 Å². The van der Waals surface area contributed by atoms with Crippen molar-refractivity contribution in [1.82, 2.24) is 0 Å². The van der Waals surface area contributed by atoms with E-state index < -0.39 is 57.0 Å². The van der Waals surface area contributed by atoms with Gasteiger partial charge in [0.2, 0.25) is 0 Å². The average Bonchev–Trinajstić information content (AvgIpc) is 1.48. The Balaban J connectivity index is 0.000000182. The van der Waals surface area contributed by atoms with Gasteiger partial charge in [0.05, 0.1) is 140 Å². The number of ether oxygens (including phenoxy) is 11. The van der Waals surface area contributed by atoms with E-state index in [1.807, 2.05) is 47.6 Å². The molecule has 26 atom stereocenters. The van der Waals surface area contributed by atoms with E-state index in [0.29, 0.717) is 73.9 Å². The van der Waals surface area contributed by atoms with Gasteiger partial charge in [-0.2, -0.15) is 0 Å². The first-order valence-corrected chi connectivity index (χ1v) is 40.2. The summed E-state index contributed by atoms with van der Waals surface area (Å²) in [6.07, 6.45) is 23.2. The summed E-state index contributed by atoms with van der Waals surface area (Å²) in [7, 11) is 0. The molecule has 0 radical (unpaired) electrons. The first-order valence-electron chi connectivity index (χ1n) is 37.1. The van der Waals surface area contributed by atoms with Crippen LogP contribution < -0.4 is 0 Å². The zero-order chi connectivity index (χ0) is 72.6. The Morgan fingerprint density at radius 3 is 1.48 bits per heavy atom. The van der Waals surface area contributed by atoms with Crippen LogP contribution >= 0.6 is 59.4 Å². The van der Waals surface area contributed by atoms with Gasteiger partial charge < -0.3 is 77.6 Å². The fourth-order valence-electron chi connectivity index (χ4n) is 18.5. The molecule has 11 fully saturated rings. The van der Waals surface area contributed by atoms with E-state index in [9.17, 15) is 30.3 Å². The molecule has 0 amide bonds. The van der Waals surface area contributed by atoms with Crippen molar-refractivity contribution in [2.45, 2.75) is 427 Å². The number of terminal acetylenes is 1. The van der Waals surface area contributed by atoms with Crippen molar-refractivity contribution in [1.29, 1.82) is 0 Å². The Morgan fingerprint density at radius 2 is 1.06 bits per heavy atom. The number of aliphatic hydroxyl groups is 5. The number of halogens is 4. The summed E-state index contributed by atoms with van der Waals surface area (Å²) < 4.78 is 71.2. The second-order valence-electron chi connectivity index (χ2n) is 35.2. The van der Waals surface area contributed by atoms with Crippen molar-refractivity contribution in [3.63, 3.8) is 0 Å². The zero-order valence-corrected chi connectivity index (χ0v) is 67.8. The molecule has 0 aromatic rings. The van der Waals surface area contributed by atoms with E-state index in [1.165, 1.54) is 6.92 Å². The highest BCUT2D eigenvalue weighted by Gasteiger charge is 2.64. The molecule has 11 aliphatic rings. The molecule has 0 aliphatic carbocycles. The number of carbonyl (C=O) groups is 1. The van der Waals surface area contributed by atoms with E-state index in [1.54, 1.807) is 19.9 Å². The van der Waals surface area contributed by atoms with Gasteiger partial charge in [0.1, 0.15) is 23.6 Å². The summed E-state index contributed by atoms with van der Waals surface area (Å²) in [5.74, 6) is 3.71. The number of hydrogen-bond donors (Lipinski definition) is 5. The molecule has 0 saturated carbocycles. The van der Waals surface area contributed by atoms with E-state index in [2.05, 4.69) is 116 Å². The van der Waals surface area contributed by atoms with Gasteiger partial charge in [0, 0.05) is 33.4 Å². The number of alkyl halides is 3. The van der Waals surface area contributed by atoms with Gasteiger partial charge in [-0.25, -0.2) is 0 Å². The van der Waals surface area contributed by atoms with Gasteiger partial charge in [-0.15, -0.1) is 18.0 Å². The van der Waals surface area contributed by atoms with Crippen LogP contribution in [0.2, 0.25) is 0 Å². The summed E-state index contributed by atoms with van der Waals surface area (Å²) in [6.45, 7) is 35.4. The molecule has 0 aromatic heterocycles. The van der Waals surface area contributed by atoms with E-state index in [0.717, 1.165) is 87.3 Å². The number of aliphatic hydroxyl groups excluding tert-OH is 2. The third-order valence-electron chi connectivity index (χ3n) is 25.2. The van der Waals surface area contributed by atoms with E-state index in [4.69, 9.17) is 70.1 Å². The maximum Gasteiger partial charge on any atom is 0.303 e. The normalized spacial score (nSPS) is 44.6. The molecule has 5 N–H and O–H groups in total. The standard InChI is InChI=1S/C32H55BrO8.C30H53BrO7.C15H16BrClO2/c1-20(34)38-28(4,5)23-14-18-30(7,39-23)22(35)13-16-29(6,36)24-10-11-25-31(8,40-24)19-15-26(37-25)32(9)17-12-21(33)27(2,3)41-32;1-25(2,33)21-13-17-28(6,36-21)20(32)12-15-27(5,34)22-9-10-23-29(7,37-22)18-14-24(35-23)30(8)16-11-19(31)26(3,4)38-30;1-3-5-6-9(17)12-10-7-11-15(18-10)13(12)14(19-11)8(16)4-2/h21-26,35-36H,10-19H2,1-9H3;19-24,32-34H,9-18H2,1-8H3;1,5-6,9-13,15H,4,7H2,2H3/b;;6-5-,14-8+/t21-,22+,23?,24-,25-,26-,29+,30-,31+,32+;19-,20+,21?,22-,23-,24-,27+,28-,29+,30+;/m11./s1. The number of hydrogen-bond acceptors (Lipinski definition) is 17. The van der Waals surface area contributed by atoms with Gasteiger partial charge in [-0.05, 0) is 252 Å². The third-order valence-corrected chi connectivity index (χ3v) is 29.7. The summed E-state index contributed by atoms with van der Waals surface area (Å²) in [4.78, 5) is 12.2. The fourth-order valence-corrected chi connectivity index (χ4v) is 19.9. The van der Waals surface area contributed by atoms with E-state index >= 15 is 0 Å². The number of carbonyl (C=O) groups excluding carboxylic acids is 1. The minimum absolute atomic E-state index is 0.0115. The molecule has 11 rings (SSSR count). The van der Waals surface area contributed by atoms with Crippen LogP contribution in [0.5, 0.6) is 0 Å². The molecule has 562 valence electrons. The van der Waals surface area contributed by atoms with Gasteiger partial charge in [-0.3, -0.25) is 4.79 Å². The molecule has 0 aromatic carbocycles. The van der Waals surface area contributed by atoms with Crippen molar-refractivity contribution < 1.29 is 82.4 Å². The second kappa shape index (κ2) is 30.3. The maximum atomic E-state index is 11.6. The van der Waals surface area contributed by atoms with Crippen molar-refractivity contribution in [3.05, 3.63) is 22.4 Å². The van der Waals surface area contributed by atoms with Gasteiger partial charge >= 0.3 is 5.97 Å². The molecule has 8 unspecified atom stereocenters. The lowest BCUT2D eigenvalue weighted by Crippen LogP contribution is -2.63. The van der Waals surface area contributed by atoms with Gasteiger partial charge in [-0.1, -0.05) is 66.7 Å². The molecule has 11 aliphatic heterocycles. The Bertz CT molecular complexity index is 2860. The van der Waals surface area contributed by atoms with Crippen LogP contribution in [-0.4, -0.2) is 193 Å². The first kappa shape index (κ1) is 81.6. The van der Waals surface area contributed by atoms with Gasteiger partial charge in [0.15, 0.2) is 0 Å². The van der Waals surface area contributed by atoms with Gasteiger partial charge in [0.25, 0.3) is 0 Å². The monoisotopic (exact) mass is 1590 g/mol. The number of esters is 1. The van der Waals surface area contributed by atoms with Crippen molar-refractivity contribution in [2.75, 3.05) is 0 Å². The zero-order valence-electron chi connectivity index (χ0n) is 62.3. The fraction of sp³-hybridized carbons (Fsp3) is 0.909. The molecular weight excluding hydrogens is 1470 g/mol. The highest BCUT2D eigenvalue weighted by molar-refractivity contribution is 9.11. The van der Waals surface area contributed by atoms with E-state index in [-0.39, 0.29) is 113 Å². The Kier molecular flexibility index (Phi) is 25.2. The maximum absolute atomic E-state index is 11.6. The quantitative estimate of drug-likeness (QED) is 0.0489. The lowest BCUT2D eigenvalue weighted by atomic mass is 9.75. The van der Waals surface area contributed by atoms with Crippen LogP contribution in [0.4, 0.5) is 0 Å². The van der Waals surface area contributed by atoms with Crippen LogP contribution in [0, 0.1) is 24.2 Å². The van der Waals surface area contributed by atoms with Crippen molar-refractivity contribution in [2.24, 2.45) is 11.8 Å². The average molecular weight is 1600 g/mol. The highest BCUT2D eigenvalue weighted by atomic mass is 79.9. The number of allylic oxidation sites excluding steroid dienone is 3. The second-order valence-corrected chi connectivity index (χ2v) is 38.8. The molecular formula is C77H124Br3ClO17. The summed E-state index contributed by atoms with van der Waals surface area (Å²) >= 11 is 17.7. The largest absolute Gasteiger partial charge is 0.491 e. The lowest BCUT2D eigenvalue weighted by molar-refractivity contribution is -0.301. The minimum Gasteiger partial charge on any atom is -0.491 e. The number of fused-ring (bicyclic) bond motifs is 3. The van der Waals surface area contributed by atoms with Crippen LogP contribution in [0.25, 0.3) is 0 Å². The number of rotatable bonds is 18. The van der Waals surface area contributed by atoms with Crippen LogP contribution in [0.1, 0.15) is 266 Å². The lowest BCUT2D eigenvalue weighted by Gasteiger charge is -2.56. The molecule has 0 spiro atoms. The molecule has 11 saturated heterocycles. The highest BCUT2D eigenvalue weighted by Crippen LogP contribution is 2.58. The molecule has 2 bridgehead atoms. The first-order chi connectivity index (χ1) is 45.2. The molecule has 17 nitrogen and oxygen atoms in total.